The third-order valence-corrected chi connectivity index (χ3v) is 6.46. The zero-order chi connectivity index (χ0) is 26.7. The molecule has 10 heteroatoms. The lowest BCUT2D eigenvalue weighted by atomic mass is 9.88. The van der Waals surface area contributed by atoms with E-state index in [4.69, 9.17) is 4.74 Å². The molecule has 1 aromatic carbocycles. The average Bonchev–Trinajstić information content (AvgIpc) is 2.90. The van der Waals surface area contributed by atoms with E-state index in [-0.39, 0.29) is 29.7 Å². The Balaban J connectivity index is 1.33. The number of nitrogens with one attached hydrogen (secondary N) is 1. The van der Waals surface area contributed by atoms with Gasteiger partial charge < -0.3 is 10.1 Å². The summed E-state index contributed by atoms with van der Waals surface area (Å²) in [5.41, 5.74) is 1.60. The lowest BCUT2D eigenvalue weighted by molar-refractivity contribution is -0.137. The second kappa shape index (κ2) is 10.6. The van der Waals surface area contributed by atoms with E-state index in [2.05, 4.69) is 32.2 Å². The first-order valence-corrected chi connectivity index (χ1v) is 12.1. The van der Waals surface area contributed by atoms with E-state index >= 15 is 0 Å². The second-order valence-corrected chi connectivity index (χ2v) is 9.12. The van der Waals surface area contributed by atoms with Gasteiger partial charge in [0.15, 0.2) is 5.76 Å². The number of carbonyl (C=O) groups is 1. The summed E-state index contributed by atoms with van der Waals surface area (Å²) in [6.07, 6.45) is 6.10. The fraction of sp³-hybridized carbons (Fsp3) is 0.250. The third kappa shape index (κ3) is 5.49. The van der Waals surface area contributed by atoms with Gasteiger partial charge in [-0.05, 0) is 42.2 Å². The molecular weight excluding hydrogens is 495 g/mol. The molecule has 1 aliphatic carbocycles. The molecule has 1 N–H and O–H groups in total. The van der Waals surface area contributed by atoms with Crippen molar-refractivity contribution in [2.45, 2.75) is 37.9 Å². The van der Waals surface area contributed by atoms with Crippen molar-refractivity contribution in [2.75, 3.05) is 0 Å². The van der Waals surface area contributed by atoms with E-state index in [9.17, 15) is 18.0 Å². The summed E-state index contributed by atoms with van der Waals surface area (Å²) < 4.78 is 45.4. The number of pyridine rings is 1. The number of carbonyl (C=O) groups excluding carboxylic acids is 1. The summed E-state index contributed by atoms with van der Waals surface area (Å²) in [4.78, 5) is 30.1. The summed E-state index contributed by atoms with van der Waals surface area (Å²) in [6.45, 7) is 2.05. The predicted octanol–water partition coefficient (Wildman–Crippen LogP) is 5.40. The average molecular weight is 520 g/mol. The van der Waals surface area contributed by atoms with E-state index < -0.39 is 17.8 Å². The Kier molecular flexibility index (Phi) is 7.04. The zero-order valence-electron chi connectivity index (χ0n) is 20.4. The molecule has 1 amide bonds. The first kappa shape index (κ1) is 25.3. The van der Waals surface area contributed by atoms with Crippen LogP contribution in [-0.2, 0) is 22.1 Å². The van der Waals surface area contributed by atoms with Crippen molar-refractivity contribution in [3.63, 3.8) is 0 Å². The van der Waals surface area contributed by atoms with Crippen LogP contribution >= 0.6 is 0 Å². The van der Waals surface area contributed by atoms with Crippen LogP contribution in [0.3, 0.4) is 0 Å². The molecule has 0 spiro atoms. The van der Waals surface area contributed by atoms with Crippen LogP contribution in [0, 0.1) is 5.92 Å². The number of hydrogen-bond acceptors (Lipinski definition) is 6. The van der Waals surface area contributed by atoms with Gasteiger partial charge in [-0.15, -0.1) is 0 Å². The van der Waals surface area contributed by atoms with Crippen molar-refractivity contribution in [3.8, 4) is 0 Å². The van der Waals surface area contributed by atoms with Crippen LogP contribution in [0.1, 0.15) is 53.4 Å². The van der Waals surface area contributed by atoms with Crippen molar-refractivity contribution in [1.82, 2.24) is 20.3 Å². The Morgan fingerprint density at radius 2 is 2.00 bits per heavy atom. The minimum absolute atomic E-state index is 0.0904. The molecule has 0 radical (unpaired) electrons. The standard InChI is InChI=1S/C28H24F3N5O2/c1-17-9-13-34-27(25(17)22-10-12-32-16-35-22)38-23-8-7-21(20-6-3-11-33-26(20)23)36-24(37)15-18-4-2-5-19(14-18)28(29,30)31/h2-6,8-14,16-17,21,25H,7,15H2,1H3,(H,36,37). The van der Waals surface area contributed by atoms with Gasteiger partial charge in [0.25, 0.3) is 0 Å². The number of alkyl halides is 3. The molecule has 194 valence electrons. The van der Waals surface area contributed by atoms with Crippen LogP contribution in [0.4, 0.5) is 13.2 Å². The van der Waals surface area contributed by atoms with E-state index in [1.54, 1.807) is 24.7 Å². The van der Waals surface area contributed by atoms with Crippen LogP contribution < -0.4 is 5.32 Å². The highest BCUT2D eigenvalue weighted by Gasteiger charge is 2.33. The quantitative estimate of drug-likeness (QED) is 0.488. The van der Waals surface area contributed by atoms with Gasteiger partial charge in [-0.3, -0.25) is 9.78 Å². The number of nitrogens with zero attached hydrogens (tertiary/aromatic N) is 4. The van der Waals surface area contributed by atoms with E-state index in [1.807, 2.05) is 24.3 Å². The number of rotatable bonds is 5. The number of ether oxygens (including phenoxy) is 1. The van der Waals surface area contributed by atoms with Crippen molar-refractivity contribution in [3.05, 3.63) is 108 Å². The molecule has 3 aromatic rings. The van der Waals surface area contributed by atoms with Gasteiger partial charge >= 0.3 is 6.18 Å². The highest BCUT2D eigenvalue weighted by molar-refractivity contribution is 5.90. The van der Waals surface area contributed by atoms with Gasteiger partial charge in [-0.25, -0.2) is 15.0 Å². The van der Waals surface area contributed by atoms with Crippen molar-refractivity contribution in [1.29, 1.82) is 0 Å². The number of halogens is 3. The summed E-state index contributed by atoms with van der Waals surface area (Å²) in [5.74, 6) is 0.493. The highest BCUT2D eigenvalue weighted by atomic mass is 19.4. The SMILES string of the molecule is CC1C=CN=C(OC2=CCC(NC(=O)Cc3cccc(C(F)(F)F)c3)c3cccnc32)C1c1ccncn1. The maximum Gasteiger partial charge on any atom is 0.416 e. The third-order valence-electron chi connectivity index (χ3n) is 6.46. The van der Waals surface area contributed by atoms with Crippen LogP contribution in [0.25, 0.3) is 5.76 Å². The number of aliphatic imine (C=N–C) groups is 1. The Bertz CT molecular complexity index is 1420. The molecule has 2 aliphatic rings. The molecule has 0 bridgehead atoms. The smallest absolute Gasteiger partial charge is 0.416 e. The van der Waals surface area contributed by atoms with Gasteiger partial charge in [-0.2, -0.15) is 13.2 Å². The van der Waals surface area contributed by atoms with Crippen LogP contribution in [0.5, 0.6) is 0 Å². The molecule has 1 aliphatic heterocycles. The van der Waals surface area contributed by atoms with Crippen LogP contribution in [0.2, 0.25) is 0 Å². The Hall–Kier alpha value is -4.34. The monoisotopic (exact) mass is 519 g/mol. The van der Waals surface area contributed by atoms with E-state index in [0.717, 1.165) is 23.4 Å². The molecule has 3 unspecified atom stereocenters. The van der Waals surface area contributed by atoms with Gasteiger partial charge in [0.1, 0.15) is 12.0 Å². The molecule has 0 fully saturated rings. The number of amides is 1. The molecule has 7 nitrogen and oxygen atoms in total. The molecule has 3 heterocycles. The lowest BCUT2D eigenvalue weighted by Crippen LogP contribution is -2.32. The largest absolute Gasteiger partial charge is 0.440 e. The summed E-state index contributed by atoms with van der Waals surface area (Å²) >= 11 is 0. The Labute approximate surface area is 217 Å². The predicted molar refractivity (Wildman–Crippen MR) is 134 cm³/mol. The first-order chi connectivity index (χ1) is 18.3. The van der Waals surface area contributed by atoms with Gasteiger partial charge in [0, 0.05) is 24.2 Å². The van der Waals surface area contributed by atoms with Gasteiger partial charge in [-0.1, -0.05) is 37.3 Å². The molecule has 5 rings (SSSR count). The molecule has 2 aromatic heterocycles. The van der Waals surface area contributed by atoms with Crippen molar-refractivity contribution in [2.24, 2.45) is 10.9 Å². The Morgan fingerprint density at radius 3 is 2.79 bits per heavy atom. The van der Waals surface area contributed by atoms with Crippen LogP contribution in [-0.4, -0.2) is 26.8 Å². The highest BCUT2D eigenvalue weighted by Crippen LogP contribution is 2.36. The second-order valence-electron chi connectivity index (χ2n) is 9.12. The van der Waals surface area contributed by atoms with E-state index in [1.165, 1.54) is 18.5 Å². The lowest BCUT2D eigenvalue weighted by Gasteiger charge is -2.29. The minimum atomic E-state index is -4.47. The Morgan fingerprint density at radius 1 is 1.13 bits per heavy atom. The molecule has 0 saturated carbocycles. The summed E-state index contributed by atoms with van der Waals surface area (Å²) in [5, 5.41) is 2.93. The first-order valence-electron chi connectivity index (χ1n) is 12.1. The topological polar surface area (TPSA) is 89.4 Å². The van der Waals surface area contributed by atoms with E-state index in [0.29, 0.717) is 23.8 Å². The maximum absolute atomic E-state index is 13.0. The number of benzene rings is 1. The summed E-state index contributed by atoms with van der Waals surface area (Å²) in [6, 6.07) is 9.82. The molecule has 0 saturated heterocycles. The zero-order valence-corrected chi connectivity index (χ0v) is 20.4. The minimum Gasteiger partial charge on any atom is -0.440 e. The van der Waals surface area contributed by atoms with Crippen LogP contribution in [0.15, 0.2) is 84.5 Å². The molecular formula is C28H24F3N5O2. The molecule has 38 heavy (non-hydrogen) atoms. The fourth-order valence-corrected chi connectivity index (χ4v) is 4.62. The van der Waals surface area contributed by atoms with Crippen molar-refractivity contribution >= 4 is 17.6 Å². The number of aromatic nitrogens is 3. The molecule has 3 atom stereocenters. The number of fused-ring (bicyclic) bond motifs is 1. The maximum atomic E-state index is 13.0. The number of hydrogen-bond donors (Lipinski definition) is 1. The fourth-order valence-electron chi connectivity index (χ4n) is 4.62. The van der Waals surface area contributed by atoms with Gasteiger partial charge in [0.05, 0.1) is 29.6 Å². The van der Waals surface area contributed by atoms with Gasteiger partial charge in [0.2, 0.25) is 11.8 Å². The normalized spacial score (nSPS) is 20.7. The summed E-state index contributed by atoms with van der Waals surface area (Å²) in [7, 11) is 0. The number of allylic oxidation sites excluding steroid dienone is 1. The van der Waals surface area contributed by atoms with Crippen molar-refractivity contribution < 1.29 is 22.7 Å².